The lowest BCUT2D eigenvalue weighted by molar-refractivity contribution is 0.0779. The van der Waals surface area contributed by atoms with E-state index in [1.54, 1.807) is 37.6 Å². The zero-order valence-corrected chi connectivity index (χ0v) is 10.2. The molecular weight excluding hydrogens is 232 g/mol. The summed E-state index contributed by atoms with van der Waals surface area (Å²) >= 11 is 0. The van der Waals surface area contributed by atoms with Gasteiger partial charge in [0.2, 0.25) is 0 Å². The van der Waals surface area contributed by atoms with E-state index >= 15 is 0 Å². The lowest BCUT2D eigenvalue weighted by Crippen LogP contribution is -2.27. The normalized spacial score (nSPS) is 10.1. The fraction of sp³-hybridized carbons (Fsp3) is 0.273. The number of anilines is 1. The van der Waals surface area contributed by atoms with Gasteiger partial charge in [-0.15, -0.1) is 0 Å². The molecule has 7 heteroatoms. The van der Waals surface area contributed by atoms with E-state index in [0.29, 0.717) is 18.1 Å². The number of amides is 1. The summed E-state index contributed by atoms with van der Waals surface area (Å²) in [5.41, 5.74) is 1.25. The minimum absolute atomic E-state index is 0.180. The highest BCUT2D eigenvalue weighted by atomic mass is 16.2. The lowest BCUT2D eigenvalue weighted by atomic mass is 10.3. The zero-order valence-electron chi connectivity index (χ0n) is 10.2. The van der Waals surface area contributed by atoms with Crippen LogP contribution in [0.5, 0.6) is 0 Å². The fourth-order valence-electron chi connectivity index (χ4n) is 1.49. The quantitative estimate of drug-likeness (QED) is 0.821. The molecule has 0 atom stereocenters. The monoisotopic (exact) mass is 246 g/mol. The van der Waals surface area contributed by atoms with Gasteiger partial charge in [0.25, 0.3) is 5.91 Å². The fourth-order valence-corrected chi connectivity index (χ4v) is 1.49. The van der Waals surface area contributed by atoms with Crippen LogP contribution in [0.1, 0.15) is 16.1 Å². The van der Waals surface area contributed by atoms with Gasteiger partial charge in [-0.1, -0.05) is 0 Å². The summed E-state index contributed by atoms with van der Waals surface area (Å²) in [5, 5.41) is 9.39. The van der Waals surface area contributed by atoms with Crippen molar-refractivity contribution in [3.8, 4) is 0 Å². The molecule has 0 fully saturated rings. The average molecular weight is 246 g/mol. The van der Waals surface area contributed by atoms with Crippen LogP contribution in [-0.4, -0.2) is 45.1 Å². The molecule has 0 saturated heterocycles. The third-order valence-corrected chi connectivity index (χ3v) is 2.43. The predicted molar refractivity (Wildman–Crippen MR) is 66.0 cm³/mol. The second kappa shape index (κ2) is 5.26. The van der Waals surface area contributed by atoms with Crippen LogP contribution in [0, 0.1) is 0 Å². The molecule has 2 aromatic rings. The van der Waals surface area contributed by atoms with E-state index in [4.69, 9.17) is 0 Å². The number of carbonyl (C=O) groups excluding carboxylic acids is 1. The highest BCUT2D eigenvalue weighted by Gasteiger charge is 2.14. The first-order valence-electron chi connectivity index (χ1n) is 5.43. The second-order valence-corrected chi connectivity index (χ2v) is 3.81. The van der Waals surface area contributed by atoms with E-state index in [2.05, 4.69) is 25.5 Å². The number of nitrogens with zero attached hydrogens (tertiary/aromatic N) is 4. The largest absolute Gasteiger partial charge is 0.372 e. The molecule has 0 radical (unpaired) electrons. The van der Waals surface area contributed by atoms with Crippen molar-refractivity contribution in [2.45, 2.75) is 6.54 Å². The molecule has 2 rings (SSSR count). The third-order valence-electron chi connectivity index (χ3n) is 2.43. The van der Waals surface area contributed by atoms with Crippen LogP contribution in [0.3, 0.4) is 0 Å². The van der Waals surface area contributed by atoms with E-state index in [-0.39, 0.29) is 5.91 Å². The van der Waals surface area contributed by atoms with Gasteiger partial charge in [-0.3, -0.25) is 14.9 Å². The topological polar surface area (TPSA) is 86.8 Å². The van der Waals surface area contributed by atoms with E-state index in [1.807, 2.05) is 0 Å². The molecule has 0 spiro atoms. The smallest absolute Gasteiger partial charge is 0.274 e. The number of aromatic nitrogens is 4. The van der Waals surface area contributed by atoms with E-state index in [9.17, 15) is 4.79 Å². The first kappa shape index (κ1) is 12.0. The Bertz CT molecular complexity index is 524. The predicted octanol–water partition coefficient (Wildman–Crippen LogP) is 0.514. The minimum atomic E-state index is -0.180. The summed E-state index contributed by atoms with van der Waals surface area (Å²) in [5.74, 6) is 0.387. The molecular formula is C11H14N6O. The Morgan fingerprint density at radius 2 is 2.28 bits per heavy atom. The Labute approximate surface area is 104 Å². The molecule has 2 N–H and O–H groups in total. The van der Waals surface area contributed by atoms with Crippen molar-refractivity contribution in [3.05, 3.63) is 36.0 Å². The van der Waals surface area contributed by atoms with E-state index < -0.39 is 0 Å². The summed E-state index contributed by atoms with van der Waals surface area (Å²) in [4.78, 5) is 21.8. The Balaban J connectivity index is 2.10. The van der Waals surface area contributed by atoms with Crippen molar-refractivity contribution >= 4 is 11.7 Å². The summed E-state index contributed by atoms with van der Waals surface area (Å²) in [7, 11) is 3.44. The Morgan fingerprint density at radius 1 is 1.44 bits per heavy atom. The van der Waals surface area contributed by atoms with Crippen LogP contribution in [-0.2, 0) is 6.54 Å². The van der Waals surface area contributed by atoms with Gasteiger partial charge in [-0.2, -0.15) is 5.10 Å². The molecule has 0 aliphatic heterocycles. The highest BCUT2D eigenvalue weighted by molar-refractivity contribution is 5.92. The SMILES string of the molecule is CNc1cncc(C(=O)N(C)Cc2cn[nH]c2)n1. The van der Waals surface area contributed by atoms with Gasteiger partial charge >= 0.3 is 0 Å². The van der Waals surface area contributed by atoms with Crippen LogP contribution in [0.25, 0.3) is 0 Å². The number of nitrogens with one attached hydrogen (secondary N) is 2. The maximum Gasteiger partial charge on any atom is 0.274 e. The van der Waals surface area contributed by atoms with Gasteiger partial charge < -0.3 is 10.2 Å². The molecule has 0 aromatic carbocycles. The van der Waals surface area contributed by atoms with Crippen molar-refractivity contribution in [2.75, 3.05) is 19.4 Å². The number of H-pyrrole nitrogens is 1. The number of carbonyl (C=O) groups is 1. The van der Waals surface area contributed by atoms with Crippen LogP contribution in [0.15, 0.2) is 24.8 Å². The molecule has 1 amide bonds. The Morgan fingerprint density at radius 3 is 2.94 bits per heavy atom. The first-order valence-corrected chi connectivity index (χ1v) is 5.43. The Hall–Kier alpha value is -2.44. The number of rotatable bonds is 4. The van der Waals surface area contributed by atoms with Gasteiger partial charge in [0.1, 0.15) is 11.5 Å². The van der Waals surface area contributed by atoms with Gasteiger partial charge in [-0.05, 0) is 0 Å². The van der Waals surface area contributed by atoms with Crippen LogP contribution in [0.4, 0.5) is 5.82 Å². The van der Waals surface area contributed by atoms with Gasteiger partial charge in [-0.25, -0.2) is 4.98 Å². The van der Waals surface area contributed by atoms with Crippen molar-refractivity contribution in [2.24, 2.45) is 0 Å². The number of hydrogen-bond acceptors (Lipinski definition) is 5. The number of hydrogen-bond donors (Lipinski definition) is 2. The average Bonchev–Trinajstić information content (AvgIpc) is 2.90. The maximum atomic E-state index is 12.1. The van der Waals surface area contributed by atoms with Crippen molar-refractivity contribution in [3.63, 3.8) is 0 Å². The maximum absolute atomic E-state index is 12.1. The summed E-state index contributed by atoms with van der Waals surface area (Å²) in [6, 6.07) is 0. The van der Waals surface area contributed by atoms with Crippen molar-refractivity contribution in [1.29, 1.82) is 0 Å². The van der Waals surface area contributed by atoms with E-state index in [1.165, 1.54) is 6.20 Å². The summed E-state index contributed by atoms with van der Waals surface area (Å²) in [6.45, 7) is 0.473. The van der Waals surface area contributed by atoms with E-state index in [0.717, 1.165) is 5.56 Å². The molecule has 2 aromatic heterocycles. The van der Waals surface area contributed by atoms with Gasteiger partial charge in [0.15, 0.2) is 0 Å². The molecule has 0 aliphatic rings. The Kier molecular flexibility index (Phi) is 3.52. The minimum Gasteiger partial charge on any atom is -0.372 e. The standard InChI is InChI=1S/C11H14N6O/c1-12-10-6-13-5-9(16-10)11(18)17(2)7-8-3-14-15-4-8/h3-6H,7H2,1-2H3,(H,12,16)(H,14,15). The molecule has 18 heavy (non-hydrogen) atoms. The summed E-state index contributed by atoms with van der Waals surface area (Å²) in [6.07, 6.45) is 6.45. The van der Waals surface area contributed by atoms with Crippen LogP contribution < -0.4 is 5.32 Å². The van der Waals surface area contributed by atoms with Crippen molar-refractivity contribution in [1.82, 2.24) is 25.1 Å². The molecule has 94 valence electrons. The third kappa shape index (κ3) is 2.62. The van der Waals surface area contributed by atoms with Crippen LogP contribution >= 0.6 is 0 Å². The van der Waals surface area contributed by atoms with Crippen LogP contribution in [0.2, 0.25) is 0 Å². The molecule has 0 aliphatic carbocycles. The molecule has 0 saturated carbocycles. The van der Waals surface area contributed by atoms with Gasteiger partial charge in [0.05, 0.1) is 18.6 Å². The highest BCUT2D eigenvalue weighted by Crippen LogP contribution is 2.06. The lowest BCUT2D eigenvalue weighted by Gasteiger charge is -2.15. The molecule has 2 heterocycles. The zero-order chi connectivity index (χ0) is 13.0. The molecule has 0 unspecified atom stereocenters. The summed E-state index contributed by atoms with van der Waals surface area (Å²) < 4.78 is 0. The number of aromatic amines is 1. The molecule has 7 nitrogen and oxygen atoms in total. The first-order chi connectivity index (χ1) is 8.70. The van der Waals surface area contributed by atoms with Gasteiger partial charge in [0, 0.05) is 32.4 Å². The van der Waals surface area contributed by atoms with Crippen molar-refractivity contribution < 1.29 is 4.79 Å². The molecule has 0 bridgehead atoms. The second-order valence-electron chi connectivity index (χ2n) is 3.81.